The number of carbonyl (C=O) groups is 1. The minimum atomic E-state index is -0.829. The summed E-state index contributed by atoms with van der Waals surface area (Å²) < 4.78 is 10.6. The highest BCUT2D eigenvalue weighted by atomic mass is 16.5. The highest BCUT2D eigenvalue weighted by molar-refractivity contribution is 5.76. The van der Waals surface area contributed by atoms with Crippen LogP contribution in [-0.4, -0.2) is 24.8 Å². The van der Waals surface area contributed by atoms with E-state index >= 15 is 0 Å². The molecule has 23 heavy (non-hydrogen) atoms. The lowest BCUT2D eigenvalue weighted by Crippen LogP contribution is -2.14. The summed E-state index contributed by atoms with van der Waals surface area (Å²) in [7, 11) is 1.61. The lowest BCUT2D eigenvalue weighted by atomic mass is 9.91. The zero-order valence-corrected chi connectivity index (χ0v) is 13.7. The Balaban J connectivity index is 2.23. The van der Waals surface area contributed by atoms with Gasteiger partial charge in [-0.1, -0.05) is 24.3 Å². The second-order valence-electron chi connectivity index (χ2n) is 5.40. The summed E-state index contributed by atoms with van der Waals surface area (Å²) in [6.45, 7) is 4.45. The first-order chi connectivity index (χ1) is 11.0. The van der Waals surface area contributed by atoms with E-state index in [0.29, 0.717) is 13.0 Å². The fourth-order valence-corrected chi connectivity index (χ4v) is 2.55. The number of carboxylic acids is 1. The van der Waals surface area contributed by atoms with E-state index in [4.69, 9.17) is 9.47 Å². The number of methoxy groups -OCH3 is 1. The fourth-order valence-electron chi connectivity index (χ4n) is 2.55. The first kappa shape index (κ1) is 16.9. The number of rotatable bonds is 7. The highest BCUT2D eigenvalue weighted by Gasteiger charge is 2.21. The third kappa shape index (κ3) is 4.25. The molecule has 4 heteroatoms. The van der Waals surface area contributed by atoms with Gasteiger partial charge in [-0.25, -0.2) is 0 Å². The Morgan fingerprint density at radius 1 is 1.17 bits per heavy atom. The number of benzene rings is 2. The van der Waals surface area contributed by atoms with Gasteiger partial charge >= 0.3 is 5.97 Å². The van der Waals surface area contributed by atoms with Crippen LogP contribution in [0.4, 0.5) is 0 Å². The molecule has 0 aromatic heterocycles. The summed E-state index contributed by atoms with van der Waals surface area (Å²) in [6.07, 6.45) is 0.437. The Kier molecular flexibility index (Phi) is 5.63. The van der Waals surface area contributed by atoms with Crippen LogP contribution in [-0.2, 0) is 11.2 Å². The van der Waals surface area contributed by atoms with Crippen LogP contribution in [0, 0.1) is 6.92 Å². The SMILES string of the molecule is CCOc1ccc(C(Cc2ccc(OC)cc2)C(=O)O)cc1C. The third-order valence-electron chi connectivity index (χ3n) is 3.80. The van der Waals surface area contributed by atoms with Gasteiger partial charge in [0, 0.05) is 0 Å². The molecular formula is C19H22O4. The predicted octanol–water partition coefficient (Wildman–Crippen LogP) is 3.81. The molecule has 2 aromatic carbocycles. The quantitative estimate of drug-likeness (QED) is 0.844. The van der Waals surface area contributed by atoms with Gasteiger partial charge in [-0.05, 0) is 55.2 Å². The predicted molar refractivity (Wildman–Crippen MR) is 89.4 cm³/mol. The molecule has 0 radical (unpaired) electrons. The van der Waals surface area contributed by atoms with Crippen LogP contribution < -0.4 is 9.47 Å². The van der Waals surface area contributed by atoms with Crippen LogP contribution in [0.2, 0.25) is 0 Å². The van der Waals surface area contributed by atoms with Crippen molar-refractivity contribution in [3.8, 4) is 11.5 Å². The van der Waals surface area contributed by atoms with Gasteiger partial charge in [0.15, 0.2) is 0 Å². The van der Waals surface area contributed by atoms with E-state index in [9.17, 15) is 9.90 Å². The van der Waals surface area contributed by atoms with Crippen LogP contribution in [0.25, 0.3) is 0 Å². The second kappa shape index (κ2) is 7.68. The van der Waals surface area contributed by atoms with Gasteiger partial charge in [-0.3, -0.25) is 4.79 Å². The molecule has 1 atom stereocenters. The maximum absolute atomic E-state index is 11.7. The Morgan fingerprint density at radius 2 is 1.87 bits per heavy atom. The van der Waals surface area contributed by atoms with Crippen LogP contribution in [0.15, 0.2) is 42.5 Å². The smallest absolute Gasteiger partial charge is 0.311 e. The van der Waals surface area contributed by atoms with E-state index in [1.54, 1.807) is 7.11 Å². The standard InChI is InChI=1S/C19H22O4/c1-4-23-18-10-7-15(11-13(18)2)17(19(20)21)12-14-5-8-16(22-3)9-6-14/h5-11,17H,4,12H2,1-3H3,(H,20,21). The molecule has 2 aromatic rings. The van der Waals surface area contributed by atoms with Gasteiger partial charge in [-0.15, -0.1) is 0 Å². The lowest BCUT2D eigenvalue weighted by Gasteiger charge is -2.15. The maximum atomic E-state index is 11.7. The van der Waals surface area contributed by atoms with Gasteiger partial charge in [0.1, 0.15) is 11.5 Å². The van der Waals surface area contributed by atoms with E-state index in [-0.39, 0.29) is 0 Å². The molecule has 0 bridgehead atoms. The molecule has 1 unspecified atom stereocenters. The number of ether oxygens (including phenoxy) is 2. The third-order valence-corrected chi connectivity index (χ3v) is 3.80. The van der Waals surface area contributed by atoms with Gasteiger partial charge < -0.3 is 14.6 Å². The van der Waals surface area contributed by atoms with Gasteiger partial charge in [-0.2, -0.15) is 0 Å². The molecule has 0 aliphatic heterocycles. The summed E-state index contributed by atoms with van der Waals surface area (Å²) in [5.74, 6) is 0.143. The Hall–Kier alpha value is -2.49. The van der Waals surface area contributed by atoms with Gasteiger partial charge in [0.2, 0.25) is 0 Å². The molecular weight excluding hydrogens is 292 g/mol. The lowest BCUT2D eigenvalue weighted by molar-refractivity contribution is -0.138. The van der Waals surface area contributed by atoms with Crippen molar-refractivity contribution in [1.29, 1.82) is 0 Å². The Bertz CT molecular complexity index is 662. The van der Waals surface area contributed by atoms with Crippen molar-refractivity contribution in [3.05, 3.63) is 59.2 Å². The topological polar surface area (TPSA) is 55.8 Å². The zero-order valence-electron chi connectivity index (χ0n) is 13.7. The zero-order chi connectivity index (χ0) is 16.8. The molecule has 0 spiro atoms. The average Bonchev–Trinajstić information content (AvgIpc) is 2.55. The molecule has 2 rings (SSSR count). The molecule has 122 valence electrons. The van der Waals surface area contributed by atoms with Crippen LogP contribution in [0.1, 0.15) is 29.5 Å². The highest BCUT2D eigenvalue weighted by Crippen LogP contribution is 2.27. The molecule has 0 saturated heterocycles. The van der Waals surface area contributed by atoms with Crippen molar-refractivity contribution in [3.63, 3.8) is 0 Å². The second-order valence-corrected chi connectivity index (χ2v) is 5.40. The molecule has 0 amide bonds. The van der Waals surface area contributed by atoms with Crippen molar-refractivity contribution in [2.45, 2.75) is 26.2 Å². The minimum Gasteiger partial charge on any atom is -0.497 e. The number of hydrogen-bond acceptors (Lipinski definition) is 3. The van der Waals surface area contributed by atoms with E-state index < -0.39 is 11.9 Å². The van der Waals surface area contributed by atoms with Crippen molar-refractivity contribution >= 4 is 5.97 Å². The summed E-state index contributed by atoms with van der Waals surface area (Å²) >= 11 is 0. The Labute approximate surface area is 136 Å². The van der Waals surface area contributed by atoms with E-state index in [1.807, 2.05) is 56.3 Å². The fraction of sp³-hybridized carbons (Fsp3) is 0.316. The number of hydrogen-bond donors (Lipinski definition) is 1. The van der Waals surface area contributed by atoms with E-state index in [1.165, 1.54) is 0 Å². The number of carboxylic acid groups (broad SMARTS) is 1. The van der Waals surface area contributed by atoms with Crippen LogP contribution in [0.3, 0.4) is 0 Å². The molecule has 1 N–H and O–H groups in total. The first-order valence-corrected chi connectivity index (χ1v) is 7.64. The molecule has 4 nitrogen and oxygen atoms in total. The largest absolute Gasteiger partial charge is 0.497 e. The summed E-state index contributed by atoms with van der Waals surface area (Å²) in [5, 5.41) is 9.60. The van der Waals surface area contributed by atoms with Crippen molar-refractivity contribution < 1.29 is 19.4 Å². The molecule has 0 aliphatic rings. The number of aryl methyl sites for hydroxylation is 1. The molecule has 0 aliphatic carbocycles. The molecule has 0 heterocycles. The van der Waals surface area contributed by atoms with E-state index in [2.05, 4.69) is 0 Å². The summed E-state index contributed by atoms with van der Waals surface area (Å²) in [4.78, 5) is 11.7. The Morgan fingerprint density at radius 3 is 2.39 bits per heavy atom. The summed E-state index contributed by atoms with van der Waals surface area (Å²) in [5.41, 5.74) is 2.70. The van der Waals surface area contributed by atoms with Gasteiger partial charge in [0.05, 0.1) is 19.6 Å². The minimum absolute atomic E-state index is 0.437. The van der Waals surface area contributed by atoms with Crippen molar-refractivity contribution in [1.82, 2.24) is 0 Å². The molecule has 0 fully saturated rings. The number of aliphatic carboxylic acids is 1. The average molecular weight is 314 g/mol. The first-order valence-electron chi connectivity index (χ1n) is 7.64. The van der Waals surface area contributed by atoms with Crippen LogP contribution >= 0.6 is 0 Å². The van der Waals surface area contributed by atoms with E-state index in [0.717, 1.165) is 28.2 Å². The normalized spacial score (nSPS) is 11.8. The van der Waals surface area contributed by atoms with Crippen LogP contribution in [0.5, 0.6) is 11.5 Å². The van der Waals surface area contributed by atoms with Crippen molar-refractivity contribution in [2.75, 3.05) is 13.7 Å². The maximum Gasteiger partial charge on any atom is 0.311 e. The monoisotopic (exact) mass is 314 g/mol. The van der Waals surface area contributed by atoms with Crippen molar-refractivity contribution in [2.24, 2.45) is 0 Å². The van der Waals surface area contributed by atoms with Gasteiger partial charge in [0.25, 0.3) is 0 Å². The summed E-state index contributed by atoms with van der Waals surface area (Å²) in [6, 6.07) is 13.1. The molecule has 0 saturated carbocycles.